The van der Waals surface area contributed by atoms with Crippen molar-refractivity contribution in [3.05, 3.63) is 0 Å². The van der Waals surface area contributed by atoms with Gasteiger partial charge in [0.1, 0.15) is 0 Å². The molecule has 11 fully saturated rings. The summed E-state index contributed by atoms with van der Waals surface area (Å²) in [6.07, 6.45) is 23.1. The van der Waals surface area contributed by atoms with Crippen LogP contribution in [-0.4, -0.2) is 89.9 Å². The smallest absolute Gasteiger partial charge is 0.233 e. The van der Waals surface area contributed by atoms with Gasteiger partial charge in [0.05, 0.1) is 58.6 Å². The first-order chi connectivity index (χ1) is 27.4. The van der Waals surface area contributed by atoms with Crippen LogP contribution in [-0.2, 0) is 38.5 Å². The standard InChI is InChI=1S/C46H68N2O8S/c1-26-3-7-32(8-4-26)56-41-16-11-33(20-40(41)46-23-27-17-28(24-46)19-29(18-27)25-46)55-31-9-5-30(6-10-31)48-44(51)37-15-13-35(22-39(37)45(48)52)57(53,54)34-12-14-36-38(21-34)43(50)47(2)42(36)49/h26-41H,3-25H2,1-2H3. The number of imide groups is 2. The summed E-state index contributed by atoms with van der Waals surface area (Å²) in [5.41, 5.74) is 0.429. The van der Waals surface area contributed by atoms with E-state index in [-0.39, 0.29) is 54.7 Å². The summed E-state index contributed by atoms with van der Waals surface area (Å²) in [6.45, 7) is 2.39. The first kappa shape index (κ1) is 39.3. The average Bonchev–Trinajstić information content (AvgIpc) is 3.58. The van der Waals surface area contributed by atoms with E-state index in [4.69, 9.17) is 9.47 Å². The molecule has 4 bridgehead atoms. The number of nitrogens with zero attached hydrogens (tertiary/aromatic N) is 2. The molecule has 11 aliphatic rings. The van der Waals surface area contributed by atoms with E-state index in [1.54, 1.807) is 4.90 Å². The molecule has 9 unspecified atom stereocenters. The molecule has 4 amide bonds. The predicted molar refractivity (Wildman–Crippen MR) is 213 cm³/mol. The van der Waals surface area contributed by atoms with E-state index in [1.165, 1.54) is 71.3 Å². The van der Waals surface area contributed by atoms with Gasteiger partial charge in [-0.2, -0.15) is 0 Å². The molecule has 0 spiro atoms. The fourth-order valence-electron chi connectivity index (χ4n) is 15.7. The number of sulfone groups is 1. The van der Waals surface area contributed by atoms with Crippen LogP contribution in [0.2, 0.25) is 0 Å². The Bertz CT molecular complexity index is 1680. The maximum absolute atomic E-state index is 14.0. The topological polar surface area (TPSA) is 127 Å². The second-order valence-electron chi connectivity index (χ2n) is 21.6. The fraction of sp³-hybridized carbons (Fsp3) is 0.913. The van der Waals surface area contributed by atoms with Gasteiger partial charge in [0.15, 0.2) is 9.84 Å². The van der Waals surface area contributed by atoms with Gasteiger partial charge >= 0.3 is 0 Å². The predicted octanol–water partition coefficient (Wildman–Crippen LogP) is 7.02. The lowest BCUT2D eigenvalue weighted by Crippen LogP contribution is -2.55. The molecule has 2 aliphatic heterocycles. The van der Waals surface area contributed by atoms with Crippen LogP contribution in [0, 0.1) is 58.7 Å². The zero-order valence-corrected chi connectivity index (χ0v) is 35.4. The molecule has 0 radical (unpaired) electrons. The highest BCUT2D eigenvalue weighted by Gasteiger charge is 2.59. The largest absolute Gasteiger partial charge is 0.375 e. The molecular weight excluding hydrogens is 741 g/mol. The third-order valence-corrected chi connectivity index (χ3v) is 21.0. The van der Waals surface area contributed by atoms with Crippen LogP contribution < -0.4 is 0 Å². The first-order valence-corrected chi connectivity index (χ1v) is 25.2. The molecule has 57 heavy (non-hydrogen) atoms. The van der Waals surface area contributed by atoms with Gasteiger partial charge < -0.3 is 9.47 Å². The number of fused-ring (bicyclic) bond motifs is 2. The highest BCUT2D eigenvalue weighted by molar-refractivity contribution is 7.92. The van der Waals surface area contributed by atoms with Crippen molar-refractivity contribution in [1.29, 1.82) is 0 Å². The summed E-state index contributed by atoms with van der Waals surface area (Å²) in [5.74, 6) is 1.38. The quantitative estimate of drug-likeness (QED) is 0.240. The number of ether oxygens (including phenoxy) is 2. The third kappa shape index (κ3) is 6.89. The highest BCUT2D eigenvalue weighted by Crippen LogP contribution is 2.65. The Hall–Kier alpha value is -1.85. The van der Waals surface area contributed by atoms with Crippen LogP contribution in [0.15, 0.2) is 0 Å². The van der Waals surface area contributed by atoms with E-state index in [0.717, 1.165) is 73.5 Å². The van der Waals surface area contributed by atoms with Crippen molar-refractivity contribution in [3.63, 3.8) is 0 Å². The molecule has 0 aromatic heterocycles. The molecule has 2 heterocycles. The van der Waals surface area contributed by atoms with Crippen LogP contribution in [0.1, 0.15) is 155 Å². The minimum absolute atomic E-state index is 0.104. The van der Waals surface area contributed by atoms with Crippen molar-refractivity contribution >= 4 is 33.5 Å². The minimum Gasteiger partial charge on any atom is -0.375 e. The van der Waals surface area contributed by atoms with Crippen LogP contribution in [0.25, 0.3) is 0 Å². The van der Waals surface area contributed by atoms with Gasteiger partial charge in [-0.15, -0.1) is 0 Å². The first-order valence-electron chi connectivity index (χ1n) is 23.6. The SMILES string of the molecule is CC1CCC(OC2CCC(OC3CCC(N4C(=O)C5CCC(S(=O)(=O)C6CCC7C(=O)N(C)C(=O)C7C6)CC5C4=O)CC3)CC2C23CC4CC(CC(C4)C2)C3)CC1. The summed E-state index contributed by atoms with van der Waals surface area (Å²) < 4.78 is 42.2. The van der Waals surface area contributed by atoms with Crippen molar-refractivity contribution in [1.82, 2.24) is 9.80 Å². The van der Waals surface area contributed by atoms with Crippen molar-refractivity contribution in [2.24, 2.45) is 58.7 Å². The molecule has 316 valence electrons. The summed E-state index contributed by atoms with van der Waals surface area (Å²) in [7, 11) is -2.16. The van der Waals surface area contributed by atoms with E-state index >= 15 is 0 Å². The Labute approximate surface area is 340 Å². The van der Waals surface area contributed by atoms with Crippen LogP contribution in [0.3, 0.4) is 0 Å². The van der Waals surface area contributed by atoms with Crippen molar-refractivity contribution < 1.29 is 37.1 Å². The van der Waals surface area contributed by atoms with Gasteiger partial charge in [-0.25, -0.2) is 8.42 Å². The maximum atomic E-state index is 14.0. The summed E-state index contributed by atoms with van der Waals surface area (Å²) in [4.78, 5) is 55.9. The van der Waals surface area contributed by atoms with E-state index in [1.807, 2.05) is 0 Å². The lowest BCUT2D eigenvalue weighted by atomic mass is 9.45. The molecule has 0 N–H and O–H groups in total. The molecule has 0 aromatic rings. The Morgan fingerprint density at radius 2 is 1.02 bits per heavy atom. The van der Waals surface area contributed by atoms with Crippen molar-refractivity contribution in [2.75, 3.05) is 7.05 Å². The number of hydrogen-bond acceptors (Lipinski definition) is 8. The second-order valence-corrected chi connectivity index (χ2v) is 24.1. The number of amides is 4. The summed E-state index contributed by atoms with van der Waals surface area (Å²) in [6, 6.07) is -0.147. The van der Waals surface area contributed by atoms with E-state index in [0.29, 0.717) is 49.2 Å². The number of carbonyl (C=O) groups excluding carboxylic acids is 4. The zero-order chi connectivity index (χ0) is 39.4. The zero-order valence-electron chi connectivity index (χ0n) is 34.6. The van der Waals surface area contributed by atoms with Crippen molar-refractivity contribution in [2.45, 2.75) is 196 Å². The van der Waals surface area contributed by atoms with Crippen LogP contribution in [0.4, 0.5) is 0 Å². The average molecular weight is 809 g/mol. The lowest BCUT2D eigenvalue weighted by molar-refractivity contribution is -0.182. The fourth-order valence-corrected chi connectivity index (χ4v) is 18.1. The van der Waals surface area contributed by atoms with Crippen molar-refractivity contribution in [3.8, 4) is 0 Å². The number of carbonyl (C=O) groups is 4. The second kappa shape index (κ2) is 15.0. The van der Waals surface area contributed by atoms with Crippen LogP contribution in [0.5, 0.6) is 0 Å². The Balaban J connectivity index is 0.754. The molecule has 9 aliphatic carbocycles. The summed E-state index contributed by atoms with van der Waals surface area (Å²) >= 11 is 0. The molecular formula is C46H68N2O8S. The molecule has 11 heteroatoms. The van der Waals surface area contributed by atoms with Gasteiger partial charge in [0.2, 0.25) is 23.6 Å². The van der Waals surface area contributed by atoms with E-state index in [2.05, 4.69) is 6.92 Å². The maximum Gasteiger partial charge on any atom is 0.233 e. The van der Waals surface area contributed by atoms with Gasteiger partial charge in [0.25, 0.3) is 0 Å². The highest BCUT2D eigenvalue weighted by atomic mass is 32.2. The molecule has 9 saturated carbocycles. The van der Waals surface area contributed by atoms with Crippen LogP contribution >= 0.6 is 0 Å². The van der Waals surface area contributed by atoms with Gasteiger partial charge in [-0.1, -0.05) is 6.92 Å². The normalized spacial score (nSPS) is 48.7. The molecule has 0 aromatic carbocycles. The number of hydrogen-bond donors (Lipinski definition) is 0. The third-order valence-electron chi connectivity index (χ3n) is 18.3. The minimum atomic E-state index is -3.64. The molecule has 9 atom stereocenters. The van der Waals surface area contributed by atoms with Gasteiger partial charge in [-0.3, -0.25) is 29.0 Å². The van der Waals surface area contributed by atoms with Gasteiger partial charge in [-0.05, 0) is 183 Å². The molecule has 11 rings (SSSR count). The Morgan fingerprint density at radius 3 is 1.63 bits per heavy atom. The Kier molecular flexibility index (Phi) is 10.3. The number of rotatable bonds is 8. The molecule has 2 saturated heterocycles. The monoisotopic (exact) mass is 808 g/mol. The summed E-state index contributed by atoms with van der Waals surface area (Å²) in [5, 5.41) is -1.38. The lowest BCUT2D eigenvalue weighted by Gasteiger charge is -2.62. The molecule has 10 nitrogen and oxygen atoms in total. The number of likely N-dealkylation sites (tertiary alicyclic amines) is 2. The Morgan fingerprint density at radius 1 is 0.526 bits per heavy atom. The van der Waals surface area contributed by atoms with E-state index < -0.39 is 44.0 Å². The van der Waals surface area contributed by atoms with Gasteiger partial charge in [0, 0.05) is 13.1 Å². The van der Waals surface area contributed by atoms with E-state index in [9.17, 15) is 27.6 Å².